The summed E-state index contributed by atoms with van der Waals surface area (Å²) in [5, 5.41) is -0.0592. The van der Waals surface area contributed by atoms with Gasteiger partial charge in [-0.2, -0.15) is 0 Å². The van der Waals surface area contributed by atoms with Crippen LogP contribution in [0.3, 0.4) is 0 Å². The number of thiocarbonyl (C=S) groups is 1. The molecule has 2 heterocycles. The zero-order valence-electron chi connectivity index (χ0n) is 10.7. The standard InChI is InChI=1S/C15H11NO2S2/c1-16-14(19)13(20-15(16)17)9-11-7-8-12(18-11)10-5-3-2-4-6-10/h2-9H,1H3. The Balaban J connectivity index is 1.89. The second-order valence-corrected chi connectivity index (χ2v) is 5.69. The lowest BCUT2D eigenvalue weighted by atomic mass is 10.2. The monoisotopic (exact) mass is 301 g/mol. The second kappa shape index (κ2) is 5.26. The van der Waals surface area contributed by atoms with Crippen molar-refractivity contribution < 1.29 is 9.21 Å². The van der Waals surface area contributed by atoms with Gasteiger partial charge in [0.15, 0.2) is 0 Å². The van der Waals surface area contributed by atoms with Gasteiger partial charge in [-0.25, -0.2) is 0 Å². The van der Waals surface area contributed by atoms with Gasteiger partial charge in [-0.1, -0.05) is 42.5 Å². The van der Waals surface area contributed by atoms with E-state index in [2.05, 4.69) is 0 Å². The minimum Gasteiger partial charge on any atom is -0.457 e. The molecule has 1 aromatic carbocycles. The fraction of sp³-hybridized carbons (Fsp3) is 0.0667. The topological polar surface area (TPSA) is 33.5 Å². The number of amides is 1. The molecule has 0 atom stereocenters. The number of nitrogens with zero attached hydrogens (tertiary/aromatic N) is 1. The third-order valence-electron chi connectivity index (χ3n) is 2.94. The van der Waals surface area contributed by atoms with E-state index >= 15 is 0 Å². The van der Waals surface area contributed by atoms with Gasteiger partial charge in [0.05, 0.1) is 4.91 Å². The highest BCUT2D eigenvalue weighted by Gasteiger charge is 2.28. The zero-order valence-corrected chi connectivity index (χ0v) is 12.3. The van der Waals surface area contributed by atoms with Crippen molar-refractivity contribution in [2.45, 2.75) is 0 Å². The summed E-state index contributed by atoms with van der Waals surface area (Å²) in [5.74, 6) is 1.49. The van der Waals surface area contributed by atoms with Crippen LogP contribution in [-0.2, 0) is 0 Å². The molecule has 0 unspecified atom stereocenters. The van der Waals surface area contributed by atoms with Crippen molar-refractivity contribution in [3.63, 3.8) is 0 Å². The summed E-state index contributed by atoms with van der Waals surface area (Å²) in [6, 6.07) is 13.7. The molecule has 1 saturated heterocycles. The Morgan fingerprint density at radius 1 is 1.20 bits per heavy atom. The van der Waals surface area contributed by atoms with Gasteiger partial charge in [-0.3, -0.25) is 9.69 Å². The molecule has 2 aromatic rings. The van der Waals surface area contributed by atoms with E-state index in [1.807, 2.05) is 42.5 Å². The van der Waals surface area contributed by atoms with E-state index in [1.165, 1.54) is 4.90 Å². The molecule has 3 nitrogen and oxygen atoms in total. The smallest absolute Gasteiger partial charge is 0.291 e. The molecule has 0 bridgehead atoms. The number of hydrogen-bond acceptors (Lipinski definition) is 4. The van der Waals surface area contributed by atoms with Gasteiger partial charge in [-0.15, -0.1) is 0 Å². The molecule has 1 fully saturated rings. The van der Waals surface area contributed by atoms with Gasteiger partial charge in [0, 0.05) is 12.6 Å². The van der Waals surface area contributed by atoms with Gasteiger partial charge in [0.25, 0.3) is 5.24 Å². The first-order valence-electron chi connectivity index (χ1n) is 6.02. The van der Waals surface area contributed by atoms with Crippen molar-refractivity contribution >= 4 is 40.3 Å². The Morgan fingerprint density at radius 2 is 1.95 bits per heavy atom. The molecule has 0 saturated carbocycles. The van der Waals surface area contributed by atoms with Crippen LogP contribution in [0.2, 0.25) is 0 Å². The average molecular weight is 301 g/mol. The molecular weight excluding hydrogens is 290 g/mol. The van der Waals surface area contributed by atoms with Crippen LogP contribution in [0.25, 0.3) is 17.4 Å². The zero-order chi connectivity index (χ0) is 14.1. The lowest BCUT2D eigenvalue weighted by Gasteiger charge is -2.04. The van der Waals surface area contributed by atoms with Gasteiger partial charge in [0.2, 0.25) is 0 Å². The van der Waals surface area contributed by atoms with Crippen LogP contribution in [-0.4, -0.2) is 22.2 Å². The Bertz CT molecular complexity index is 704. The molecule has 1 amide bonds. The highest BCUT2D eigenvalue weighted by Crippen LogP contribution is 2.33. The molecule has 0 spiro atoms. The van der Waals surface area contributed by atoms with E-state index in [0.29, 0.717) is 10.7 Å². The van der Waals surface area contributed by atoms with Crippen LogP contribution in [0.1, 0.15) is 5.76 Å². The van der Waals surface area contributed by atoms with E-state index in [9.17, 15) is 4.79 Å². The summed E-state index contributed by atoms with van der Waals surface area (Å²) in [6.45, 7) is 0. The Hall–Kier alpha value is -1.85. The summed E-state index contributed by atoms with van der Waals surface area (Å²) < 4.78 is 5.77. The van der Waals surface area contributed by atoms with Gasteiger partial charge < -0.3 is 4.42 Å². The highest BCUT2D eigenvalue weighted by atomic mass is 32.2. The summed E-state index contributed by atoms with van der Waals surface area (Å²) in [6.07, 6.45) is 1.81. The van der Waals surface area contributed by atoms with Crippen molar-refractivity contribution in [2.75, 3.05) is 7.05 Å². The fourth-order valence-corrected chi connectivity index (χ4v) is 3.00. The van der Waals surface area contributed by atoms with E-state index in [-0.39, 0.29) is 5.24 Å². The van der Waals surface area contributed by atoms with Crippen LogP contribution >= 0.6 is 24.0 Å². The number of rotatable bonds is 2. The molecule has 3 rings (SSSR count). The predicted octanol–water partition coefficient (Wildman–Crippen LogP) is 4.41. The molecule has 0 aliphatic carbocycles. The van der Waals surface area contributed by atoms with Crippen molar-refractivity contribution in [3.8, 4) is 11.3 Å². The van der Waals surface area contributed by atoms with Gasteiger partial charge in [0.1, 0.15) is 16.5 Å². The lowest BCUT2D eigenvalue weighted by Crippen LogP contribution is -2.20. The molecule has 0 N–H and O–H groups in total. The maximum Gasteiger partial charge on any atom is 0.291 e. The van der Waals surface area contributed by atoms with Crippen molar-refractivity contribution in [1.82, 2.24) is 4.90 Å². The molecule has 20 heavy (non-hydrogen) atoms. The fourth-order valence-electron chi connectivity index (χ4n) is 1.86. The normalized spacial score (nSPS) is 17.2. The number of benzene rings is 1. The minimum absolute atomic E-state index is 0.0592. The van der Waals surface area contributed by atoms with Crippen molar-refractivity contribution in [3.05, 3.63) is 53.1 Å². The van der Waals surface area contributed by atoms with E-state index < -0.39 is 0 Å². The van der Waals surface area contributed by atoms with E-state index in [4.69, 9.17) is 16.6 Å². The number of carbonyl (C=O) groups excluding carboxylic acids is 1. The maximum atomic E-state index is 11.5. The molecule has 100 valence electrons. The SMILES string of the molecule is CN1C(=O)SC(=Cc2ccc(-c3ccccc3)o2)C1=S. The second-order valence-electron chi connectivity index (χ2n) is 4.31. The quantitative estimate of drug-likeness (QED) is 0.607. The molecule has 1 aromatic heterocycles. The first kappa shape index (κ1) is 13.1. The van der Waals surface area contributed by atoms with Crippen molar-refractivity contribution in [2.24, 2.45) is 0 Å². The summed E-state index contributed by atoms with van der Waals surface area (Å²) in [5.41, 5.74) is 1.02. The van der Waals surface area contributed by atoms with Crippen LogP contribution in [0, 0.1) is 0 Å². The van der Waals surface area contributed by atoms with E-state index in [0.717, 1.165) is 28.0 Å². The Labute approximate surface area is 126 Å². The highest BCUT2D eigenvalue weighted by molar-refractivity contribution is 8.19. The lowest BCUT2D eigenvalue weighted by molar-refractivity contribution is 0.250. The van der Waals surface area contributed by atoms with Crippen LogP contribution in [0.15, 0.2) is 51.8 Å². The first-order valence-corrected chi connectivity index (χ1v) is 7.24. The number of thioether (sulfide) groups is 1. The number of likely N-dealkylation sites (N-methyl/N-ethyl adjacent to an activating group) is 1. The van der Waals surface area contributed by atoms with Crippen molar-refractivity contribution in [1.29, 1.82) is 0 Å². The Kier molecular flexibility index (Phi) is 3.46. The minimum atomic E-state index is -0.0592. The summed E-state index contributed by atoms with van der Waals surface area (Å²) >= 11 is 6.34. The molecule has 5 heteroatoms. The van der Waals surface area contributed by atoms with E-state index in [1.54, 1.807) is 13.1 Å². The van der Waals surface area contributed by atoms with Gasteiger partial charge in [-0.05, 0) is 30.0 Å². The molecule has 1 aliphatic rings. The first-order chi connectivity index (χ1) is 9.65. The number of carbonyl (C=O) groups is 1. The molecule has 0 radical (unpaired) electrons. The van der Waals surface area contributed by atoms with Crippen LogP contribution < -0.4 is 0 Å². The summed E-state index contributed by atoms with van der Waals surface area (Å²) in [7, 11) is 1.68. The third kappa shape index (κ3) is 2.42. The third-order valence-corrected chi connectivity index (χ3v) is 4.55. The predicted molar refractivity (Wildman–Crippen MR) is 85.5 cm³/mol. The summed E-state index contributed by atoms with van der Waals surface area (Å²) in [4.78, 5) is 14.3. The maximum absolute atomic E-state index is 11.5. The molecular formula is C15H11NO2S2. The Morgan fingerprint density at radius 3 is 2.60 bits per heavy atom. The number of hydrogen-bond donors (Lipinski definition) is 0. The van der Waals surface area contributed by atoms with Gasteiger partial charge >= 0.3 is 0 Å². The van der Waals surface area contributed by atoms with Crippen LogP contribution in [0.5, 0.6) is 0 Å². The largest absolute Gasteiger partial charge is 0.457 e. The average Bonchev–Trinajstić information content (AvgIpc) is 3.02. The molecule has 1 aliphatic heterocycles. The number of furan rings is 1. The van der Waals surface area contributed by atoms with Crippen LogP contribution in [0.4, 0.5) is 4.79 Å².